The van der Waals surface area contributed by atoms with Gasteiger partial charge in [0.1, 0.15) is 6.29 Å². The van der Waals surface area contributed by atoms with E-state index >= 15 is 0 Å². The van der Waals surface area contributed by atoms with Gasteiger partial charge in [-0.25, -0.2) is 0 Å². The Labute approximate surface area is 68.1 Å². The van der Waals surface area contributed by atoms with Crippen molar-refractivity contribution in [2.75, 3.05) is 0 Å². The van der Waals surface area contributed by atoms with E-state index in [1.54, 1.807) is 6.08 Å². The average Bonchev–Trinajstić information content (AvgIpc) is 2.04. The van der Waals surface area contributed by atoms with Crippen LogP contribution >= 0.6 is 0 Å². The SMILES string of the molecule is C=CC(C)=CC=CC(C)C=O. The Balaban J connectivity index is 3.94. The smallest absolute Gasteiger partial charge is 0.126 e. The van der Waals surface area contributed by atoms with Crippen molar-refractivity contribution in [3.8, 4) is 0 Å². The molecular weight excluding hydrogens is 136 g/mol. The van der Waals surface area contributed by atoms with Gasteiger partial charge in [0.2, 0.25) is 0 Å². The zero-order chi connectivity index (χ0) is 8.69. The van der Waals surface area contributed by atoms with Crippen LogP contribution in [0.3, 0.4) is 0 Å². The summed E-state index contributed by atoms with van der Waals surface area (Å²) in [5.41, 5.74) is 1.10. The number of allylic oxidation sites excluding steroid dienone is 5. The van der Waals surface area contributed by atoms with Gasteiger partial charge in [0.05, 0.1) is 0 Å². The molecule has 0 N–H and O–H groups in total. The first kappa shape index (κ1) is 9.89. The highest BCUT2D eigenvalue weighted by molar-refractivity contribution is 5.55. The fourth-order valence-electron chi connectivity index (χ4n) is 0.496. The number of carbonyl (C=O) groups excluding carboxylic acids is 1. The second kappa shape index (κ2) is 5.66. The summed E-state index contributed by atoms with van der Waals surface area (Å²) in [6.45, 7) is 7.42. The molecule has 1 unspecified atom stereocenters. The van der Waals surface area contributed by atoms with Crippen LogP contribution in [0, 0.1) is 5.92 Å². The van der Waals surface area contributed by atoms with E-state index in [0.29, 0.717) is 0 Å². The zero-order valence-electron chi connectivity index (χ0n) is 7.08. The van der Waals surface area contributed by atoms with Crippen molar-refractivity contribution in [2.45, 2.75) is 13.8 Å². The van der Waals surface area contributed by atoms with Crippen LogP contribution in [0.25, 0.3) is 0 Å². The Hall–Kier alpha value is -1.11. The van der Waals surface area contributed by atoms with E-state index in [0.717, 1.165) is 11.9 Å². The van der Waals surface area contributed by atoms with Gasteiger partial charge in [-0.05, 0) is 6.92 Å². The largest absolute Gasteiger partial charge is 0.303 e. The fraction of sp³-hybridized carbons (Fsp3) is 0.300. The first-order chi connectivity index (χ1) is 5.20. The first-order valence-corrected chi connectivity index (χ1v) is 3.63. The molecule has 0 aromatic heterocycles. The Morgan fingerprint density at radius 1 is 1.55 bits per heavy atom. The van der Waals surface area contributed by atoms with Gasteiger partial charge < -0.3 is 4.79 Å². The molecule has 0 radical (unpaired) electrons. The van der Waals surface area contributed by atoms with Gasteiger partial charge in [-0.1, -0.05) is 43.4 Å². The lowest BCUT2D eigenvalue weighted by molar-refractivity contribution is -0.109. The number of hydrogen-bond acceptors (Lipinski definition) is 1. The molecule has 0 rings (SSSR count). The Morgan fingerprint density at radius 3 is 2.64 bits per heavy atom. The maximum absolute atomic E-state index is 10.2. The molecule has 1 heteroatoms. The van der Waals surface area contributed by atoms with Crippen molar-refractivity contribution in [3.63, 3.8) is 0 Å². The van der Waals surface area contributed by atoms with Crippen LogP contribution in [-0.4, -0.2) is 6.29 Å². The molecule has 1 nitrogen and oxygen atoms in total. The molecule has 0 fully saturated rings. The summed E-state index contributed by atoms with van der Waals surface area (Å²) in [7, 11) is 0. The maximum Gasteiger partial charge on any atom is 0.126 e. The van der Waals surface area contributed by atoms with Crippen molar-refractivity contribution in [1.29, 1.82) is 0 Å². The minimum atomic E-state index is 0.00358. The van der Waals surface area contributed by atoms with Crippen LogP contribution in [0.1, 0.15) is 13.8 Å². The lowest BCUT2D eigenvalue weighted by atomic mass is 10.2. The first-order valence-electron chi connectivity index (χ1n) is 3.63. The third-order valence-electron chi connectivity index (χ3n) is 1.31. The lowest BCUT2D eigenvalue weighted by Crippen LogP contribution is -1.87. The molecule has 0 amide bonds. The van der Waals surface area contributed by atoms with E-state index in [1.807, 2.05) is 32.1 Å². The van der Waals surface area contributed by atoms with Crippen LogP contribution in [0.5, 0.6) is 0 Å². The zero-order valence-corrected chi connectivity index (χ0v) is 7.08. The summed E-state index contributed by atoms with van der Waals surface area (Å²) in [4.78, 5) is 10.2. The molecule has 0 aliphatic carbocycles. The molecular formula is C10H14O. The van der Waals surface area contributed by atoms with E-state index < -0.39 is 0 Å². The normalized spacial score (nSPS) is 14.9. The highest BCUT2D eigenvalue weighted by atomic mass is 16.1. The molecule has 11 heavy (non-hydrogen) atoms. The van der Waals surface area contributed by atoms with Crippen molar-refractivity contribution >= 4 is 6.29 Å². The highest BCUT2D eigenvalue weighted by Crippen LogP contribution is 1.96. The van der Waals surface area contributed by atoms with Gasteiger partial charge in [0.25, 0.3) is 0 Å². The summed E-state index contributed by atoms with van der Waals surface area (Å²) in [6, 6.07) is 0. The minimum absolute atomic E-state index is 0.00358. The van der Waals surface area contributed by atoms with Gasteiger partial charge in [-0.3, -0.25) is 0 Å². The molecule has 60 valence electrons. The minimum Gasteiger partial charge on any atom is -0.303 e. The quantitative estimate of drug-likeness (QED) is 0.444. The van der Waals surface area contributed by atoms with Gasteiger partial charge in [-0.2, -0.15) is 0 Å². The third-order valence-corrected chi connectivity index (χ3v) is 1.31. The van der Waals surface area contributed by atoms with Crippen molar-refractivity contribution < 1.29 is 4.79 Å². The standard InChI is InChI=1S/C10H14O/c1-4-9(2)6-5-7-10(3)8-11/h4-8,10H,1H2,2-3H3. The number of carbonyl (C=O) groups is 1. The van der Waals surface area contributed by atoms with E-state index in [4.69, 9.17) is 0 Å². The number of aldehydes is 1. The molecule has 0 aliphatic rings. The van der Waals surface area contributed by atoms with Crippen LogP contribution < -0.4 is 0 Å². The molecule has 0 bridgehead atoms. The third kappa shape index (κ3) is 5.34. The van der Waals surface area contributed by atoms with Gasteiger partial charge in [0.15, 0.2) is 0 Å². The van der Waals surface area contributed by atoms with Crippen molar-refractivity contribution in [2.24, 2.45) is 5.92 Å². The molecule has 0 aromatic rings. The molecule has 0 saturated heterocycles. The van der Waals surface area contributed by atoms with Gasteiger partial charge >= 0.3 is 0 Å². The molecule has 0 aliphatic heterocycles. The molecule has 1 atom stereocenters. The summed E-state index contributed by atoms with van der Waals surface area (Å²) in [5, 5.41) is 0. The van der Waals surface area contributed by atoms with Crippen LogP contribution in [0.4, 0.5) is 0 Å². The average molecular weight is 150 g/mol. The lowest BCUT2D eigenvalue weighted by Gasteiger charge is -1.89. The summed E-state index contributed by atoms with van der Waals surface area (Å²) in [6.07, 6.45) is 8.33. The van der Waals surface area contributed by atoms with Crippen molar-refractivity contribution in [3.05, 3.63) is 36.5 Å². The van der Waals surface area contributed by atoms with E-state index in [1.165, 1.54) is 0 Å². The Kier molecular flexibility index (Phi) is 5.09. The van der Waals surface area contributed by atoms with Crippen molar-refractivity contribution in [1.82, 2.24) is 0 Å². The molecule has 0 spiro atoms. The van der Waals surface area contributed by atoms with E-state index in [2.05, 4.69) is 6.58 Å². The number of hydrogen-bond donors (Lipinski definition) is 0. The topological polar surface area (TPSA) is 17.1 Å². The second-order valence-electron chi connectivity index (χ2n) is 2.49. The predicted octanol–water partition coefficient (Wildman–Crippen LogP) is 2.51. The summed E-state index contributed by atoms with van der Waals surface area (Å²) < 4.78 is 0. The van der Waals surface area contributed by atoms with Crippen LogP contribution in [0.2, 0.25) is 0 Å². The predicted molar refractivity (Wildman–Crippen MR) is 48.3 cm³/mol. The Morgan fingerprint density at radius 2 is 2.18 bits per heavy atom. The van der Waals surface area contributed by atoms with Crippen LogP contribution in [-0.2, 0) is 4.79 Å². The molecule has 0 aromatic carbocycles. The van der Waals surface area contributed by atoms with E-state index in [-0.39, 0.29) is 5.92 Å². The van der Waals surface area contributed by atoms with Gasteiger partial charge in [0, 0.05) is 5.92 Å². The fourth-order valence-corrected chi connectivity index (χ4v) is 0.496. The monoisotopic (exact) mass is 150 g/mol. The maximum atomic E-state index is 10.2. The Bertz CT molecular complexity index is 187. The van der Waals surface area contributed by atoms with Crippen LogP contribution in [0.15, 0.2) is 36.5 Å². The molecule has 0 heterocycles. The molecule has 0 saturated carbocycles. The summed E-state index contributed by atoms with van der Waals surface area (Å²) >= 11 is 0. The highest BCUT2D eigenvalue weighted by Gasteiger charge is 1.87. The second-order valence-corrected chi connectivity index (χ2v) is 2.49. The van der Waals surface area contributed by atoms with Gasteiger partial charge in [-0.15, -0.1) is 0 Å². The number of rotatable bonds is 4. The summed E-state index contributed by atoms with van der Waals surface area (Å²) in [5.74, 6) is 0.00358. The van der Waals surface area contributed by atoms with E-state index in [9.17, 15) is 4.79 Å².